The minimum absolute atomic E-state index is 0.0222. The van der Waals surface area contributed by atoms with Crippen LogP contribution in [0.2, 0.25) is 0 Å². The Morgan fingerprint density at radius 1 is 1.26 bits per heavy atom. The molecule has 2 atom stereocenters. The van der Waals surface area contributed by atoms with Gasteiger partial charge in [-0.05, 0) is 50.1 Å². The molecule has 1 amide bonds. The molecule has 0 saturated carbocycles. The van der Waals surface area contributed by atoms with Crippen LogP contribution >= 0.6 is 11.3 Å². The van der Waals surface area contributed by atoms with Crippen LogP contribution in [0, 0.1) is 0 Å². The molecule has 0 spiro atoms. The van der Waals surface area contributed by atoms with Gasteiger partial charge in [0.15, 0.2) is 0 Å². The lowest BCUT2D eigenvalue weighted by Crippen LogP contribution is -2.44. The Bertz CT molecular complexity index is 1470. The molecule has 12 nitrogen and oxygen atoms in total. The second kappa shape index (κ2) is 14.5. The van der Waals surface area contributed by atoms with E-state index in [-0.39, 0.29) is 35.2 Å². The quantitative estimate of drug-likeness (QED) is 0.0972. The van der Waals surface area contributed by atoms with Gasteiger partial charge in [-0.2, -0.15) is 0 Å². The number of allylic oxidation sites excluding steroid dienone is 3. The predicted molar refractivity (Wildman–Crippen MR) is 169 cm³/mol. The lowest BCUT2D eigenvalue weighted by Gasteiger charge is -2.34. The number of carbonyl (C=O) groups excluding carboxylic acids is 1. The number of nitrogen functional groups attached to an aromatic ring is 1. The number of rotatable bonds is 13. The number of amides is 1. The second-order valence-electron chi connectivity index (χ2n) is 9.66. The summed E-state index contributed by atoms with van der Waals surface area (Å²) in [6, 6.07) is 3.41. The van der Waals surface area contributed by atoms with Gasteiger partial charge in [-0.15, -0.1) is 11.3 Å². The van der Waals surface area contributed by atoms with Crippen molar-refractivity contribution in [3.8, 4) is 0 Å². The van der Waals surface area contributed by atoms with Crippen molar-refractivity contribution in [2.45, 2.75) is 39.5 Å². The van der Waals surface area contributed by atoms with Gasteiger partial charge in [-0.1, -0.05) is 25.3 Å². The van der Waals surface area contributed by atoms with Crippen molar-refractivity contribution < 1.29 is 22.7 Å². The molecule has 0 bridgehead atoms. The minimum atomic E-state index is -3.67. The maximum atomic E-state index is 13.3. The van der Waals surface area contributed by atoms with Crippen LogP contribution in [0.25, 0.3) is 11.6 Å². The first-order valence-corrected chi connectivity index (χ1v) is 15.8. The van der Waals surface area contributed by atoms with Crippen LogP contribution in [0.3, 0.4) is 0 Å². The summed E-state index contributed by atoms with van der Waals surface area (Å²) in [6.45, 7) is 15.5. The van der Waals surface area contributed by atoms with Crippen molar-refractivity contribution in [2.24, 2.45) is 11.6 Å². The van der Waals surface area contributed by atoms with E-state index in [1.54, 1.807) is 23.6 Å². The molecular weight excluding hydrogens is 578 g/mol. The Labute approximate surface area is 251 Å². The Balaban J connectivity index is 1.94. The smallest absolute Gasteiger partial charge is 0.275 e. The number of morpholine rings is 1. The van der Waals surface area contributed by atoms with E-state index in [4.69, 9.17) is 21.1 Å². The Morgan fingerprint density at radius 3 is 2.50 bits per heavy atom. The van der Waals surface area contributed by atoms with Gasteiger partial charge in [0.1, 0.15) is 16.4 Å². The lowest BCUT2D eigenvalue weighted by atomic mass is 9.99. The second-order valence-corrected chi connectivity index (χ2v) is 12.6. The fourth-order valence-electron chi connectivity index (χ4n) is 4.46. The third-order valence-corrected chi connectivity index (χ3v) is 8.53. The van der Waals surface area contributed by atoms with E-state index in [1.807, 2.05) is 13.8 Å². The highest BCUT2D eigenvalue weighted by Gasteiger charge is 2.24. The van der Waals surface area contributed by atoms with E-state index in [9.17, 15) is 13.2 Å². The van der Waals surface area contributed by atoms with Gasteiger partial charge in [0.25, 0.3) is 5.91 Å². The third kappa shape index (κ3) is 8.42. The summed E-state index contributed by atoms with van der Waals surface area (Å²) in [5.74, 6) is 5.10. The average molecular weight is 618 g/mol. The number of carbonyl (C=O) groups is 1. The molecule has 1 saturated heterocycles. The van der Waals surface area contributed by atoms with Crippen LogP contribution < -0.4 is 27.0 Å². The summed E-state index contributed by atoms with van der Waals surface area (Å²) in [6.07, 6.45) is 4.81. The topological polar surface area (TPSA) is 174 Å². The summed E-state index contributed by atoms with van der Waals surface area (Å²) in [5, 5.41) is 5.45. The van der Waals surface area contributed by atoms with Crippen molar-refractivity contribution in [1.29, 1.82) is 0 Å². The van der Waals surface area contributed by atoms with Gasteiger partial charge in [0, 0.05) is 24.0 Å². The molecule has 1 fully saturated rings. The first-order chi connectivity index (χ1) is 19.9. The number of thiazole rings is 1. The van der Waals surface area contributed by atoms with E-state index in [1.165, 1.54) is 37.5 Å². The van der Waals surface area contributed by atoms with E-state index in [0.717, 1.165) is 18.1 Å². The molecule has 0 radical (unpaired) electrons. The van der Waals surface area contributed by atoms with Crippen LogP contribution in [-0.4, -0.2) is 62.4 Å². The maximum absolute atomic E-state index is 13.3. The lowest BCUT2D eigenvalue weighted by molar-refractivity contribution is -0.0705. The fourth-order valence-corrected chi connectivity index (χ4v) is 5.91. The number of hydrazine groups is 1. The number of anilines is 2. The number of nitrogens with one attached hydrogen (secondary N) is 3. The molecule has 1 aliphatic rings. The van der Waals surface area contributed by atoms with Gasteiger partial charge in [-0.25, -0.2) is 13.4 Å². The minimum Gasteiger partial charge on any atom is -0.481 e. The van der Waals surface area contributed by atoms with Gasteiger partial charge in [0.2, 0.25) is 15.9 Å². The summed E-state index contributed by atoms with van der Waals surface area (Å²) >= 11 is 1.42. The van der Waals surface area contributed by atoms with Crippen molar-refractivity contribution in [2.75, 3.05) is 36.7 Å². The largest absolute Gasteiger partial charge is 0.481 e. The zero-order chi connectivity index (χ0) is 31.0. The van der Waals surface area contributed by atoms with Crippen molar-refractivity contribution >= 4 is 50.3 Å². The molecule has 2 heterocycles. The van der Waals surface area contributed by atoms with Gasteiger partial charge >= 0.3 is 0 Å². The first-order valence-electron chi connectivity index (χ1n) is 13.2. The van der Waals surface area contributed by atoms with Crippen LogP contribution in [0.15, 0.2) is 54.4 Å². The van der Waals surface area contributed by atoms with E-state index >= 15 is 0 Å². The molecular formula is C28H39N7O5S2. The Kier molecular flexibility index (Phi) is 11.3. The number of ether oxygens (including phenoxy) is 2. The predicted octanol–water partition coefficient (Wildman–Crippen LogP) is 3.22. The summed E-state index contributed by atoms with van der Waals surface area (Å²) < 4.78 is 37.8. The van der Waals surface area contributed by atoms with Gasteiger partial charge < -0.3 is 25.9 Å². The van der Waals surface area contributed by atoms with E-state index in [2.05, 4.69) is 38.5 Å². The number of sulfonamides is 1. The number of benzene rings is 1. The highest BCUT2D eigenvalue weighted by Crippen LogP contribution is 2.32. The number of hydrogen-bond acceptors (Lipinski definition) is 11. The zero-order valence-corrected chi connectivity index (χ0v) is 25.9. The molecule has 3 rings (SSSR count). The highest BCUT2D eigenvalue weighted by molar-refractivity contribution is 7.89. The summed E-state index contributed by atoms with van der Waals surface area (Å²) in [4.78, 5) is 20.1. The van der Waals surface area contributed by atoms with Crippen LogP contribution in [-0.2, 0) is 26.0 Å². The molecule has 2 aromatic rings. The number of aromatic nitrogens is 1. The number of hydrogen-bond donors (Lipinski definition) is 5. The standard InChI is InChI=1S/C28H39N7O5S2/c1-7-19(10-24(27(29)39-6)34-42(37,38)9-3)20-11-22(21(8-2)23(12-20)33-30)32-28(36)25-16-41-26(31-25)15-35-13-17(4)40-18(5)14-35/h7-8,10-12,16-18,33-34H,1-2,9,13-15,29-30H2,3-6H3,(H,32,36)/b19-10+,27-24-/t17-,18+. The molecule has 42 heavy (non-hydrogen) atoms. The summed E-state index contributed by atoms with van der Waals surface area (Å²) in [5.41, 5.74) is 11.3. The molecule has 0 unspecified atom stereocenters. The molecule has 1 aliphatic heterocycles. The summed E-state index contributed by atoms with van der Waals surface area (Å²) in [7, 11) is -2.34. The van der Waals surface area contributed by atoms with Gasteiger partial charge in [0.05, 0.1) is 43.0 Å². The fraction of sp³-hybridized carbons (Fsp3) is 0.357. The third-order valence-electron chi connectivity index (χ3n) is 6.41. The Morgan fingerprint density at radius 2 is 1.93 bits per heavy atom. The number of methoxy groups -OCH3 is 1. The normalized spacial score (nSPS) is 18.5. The van der Waals surface area contributed by atoms with Crippen molar-refractivity contribution in [3.63, 3.8) is 0 Å². The number of nitrogens with two attached hydrogens (primary N) is 2. The van der Waals surface area contributed by atoms with E-state index < -0.39 is 15.9 Å². The average Bonchev–Trinajstić information content (AvgIpc) is 3.42. The highest BCUT2D eigenvalue weighted by atomic mass is 32.2. The molecule has 228 valence electrons. The Hall–Kier alpha value is -3.69. The maximum Gasteiger partial charge on any atom is 0.275 e. The molecule has 0 aliphatic carbocycles. The molecule has 1 aromatic carbocycles. The van der Waals surface area contributed by atoms with Crippen molar-refractivity contribution in [1.82, 2.24) is 14.6 Å². The van der Waals surface area contributed by atoms with Crippen LogP contribution in [0.5, 0.6) is 0 Å². The molecule has 7 N–H and O–H groups in total. The van der Waals surface area contributed by atoms with Crippen LogP contribution in [0.4, 0.5) is 11.4 Å². The van der Waals surface area contributed by atoms with Crippen molar-refractivity contribution in [3.05, 3.63) is 76.2 Å². The monoisotopic (exact) mass is 617 g/mol. The SMILES string of the molecule is C=C/C(=C\C(NS(=O)(=O)CC)=C(/N)OC)c1cc(NN)c(C=C)c(NC(=O)c2csc(CN3C[C@@H](C)O[C@@H](C)C3)n2)c1. The van der Waals surface area contributed by atoms with Gasteiger partial charge in [-0.3, -0.25) is 20.3 Å². The zero-order valence-electron chi connectivity index (χ0n) is 24.3. The molecule has 1 aromatic heterocycles. The first kappa shape index (κ1) is 32.8. The number of nitrogens with zero attached hydrogens (tertiary/aromatic N) is 2. The molecule has 14 heteroatoms. The van der Waals surface area contributed by atoms with Crippen LogP contribution in [0.1, 0.15) is 47.4 Å². The van der Waals surface area contributed by atoms with E-state index in [0.29, 0.717) is 34.6 Å².